The zero-order chi connectivity index (χ0) is 18.9. The first-order valence-electron chi connectivity index (χ1n) is 9.00. The zero-order valence-electron chi connectivity index (χ0n) is 15.1. The Hall–Kier alpha value is -3.01. The number of aromatic nitrogens is 4. The largest absolute Gasteiger partial charge is 0.378 e. The topological polar surface area (TPSA) is 85.3 Å². The number of rotatable bonds is 4. The van der Waals surface area contributed by atoms with Crippen molar-refractivity contribution in [2.45, 2.75) is 0 Å². The fourth-order valence-electron chi connectivity index (χ4n) is 3.35. The Morgan fingerprint density at radius 1 is 1.04 bits per heavy atom. The minimum Gasteiger partial charge on any atom is -0.378 e. The van der Waals surface area contributed by atoms with Crippen LogP contribution in [0.25, 0.3) is 22.4 Å². The fourth-order valence-corrected chi connectivity index (χ4v) is 3.99. The number of ether oxygens (including phenoxy) is 1. The number of hydrogen-bond donors (Lipinski definition) is 1. The molecule has 0 radical (unpaired) electrons. The second-order valence-corrected chi connectivity index (χ2v) is 7.24. The predicted octanol–water partition coefficient (Wildman–Crippen LogP) is 2.53. The van der Waals surface area contributed by atoms with E-state index in [0.29, 0.717) is 5.65 Å². The minimum absolute atomic E-state index is 0.663. The normalized spacial score (nSPS) is 14.5. The summed E-state index contributed by atoms with van der Waals surface area (Å²) in [7, 11) is 0. The van der Waals surface area contributed by atoms with E-state index >= 15 is 0 Å². The van der Waals surface area contributed by atoms with Gasteiger partial charge in [-0.05, 0) is 35.7 Å². The van der Waals surface area contributed by atoms with Crippen molar-refractivity contribution in [3.05, 3.63) is 53.7 Å². The first kappa shape index (κ1) is 17.1. The van der Waals surface area contributed by atoms with Crippen LogP contribution in [-0.2, 0) is 4.74 Å². The summed E-state index contributed by atoms with van der Waals surface area (Å²) < 4.78 is 7.15. The molecule has 4 aromatic rings. The van der Waals surface area contributed by atoms with Crippen molar-refractivity contribution < 1.29 is 4.74 Å². The number of fused-ring (bicyclic) bond motifs is 1. The average molecular weight is 393 g/mol. The SMILES string of the molecule is NN(c1ccc(N2CCOCC2)cc1)n1cnc2c(-c3ccsc3)ncnc21. The highest BCUT2D eigenvalue weighted by molar-refractivity contribution is 7.08. The van der Waals surface area contributed by atoms with Gasteiger partial charge in [0.1, 0.15) is 23.9 Å². The van der Waals surface area contributed by atoms with Crippen LogP contribution in [0.1, 0.15) is 0 Å². The number of hydrazine groups is 1. The average Bonchev–Trinajstić information content (AvgIpc) is 3.44. The third-order valence-corrected chi connectivity index (χ3v) is 5.52. The maximum absolute atomic E-state index is 6.39. The molecule has 4 heterocycles. The van der Waals surface area contributed by atoms with Gasteiger partial charge < -0.3 is 9.64 Å². The summed E-state index contributed by atoms with van der Waals surface area (Å²) in [5.74, 6) is 6.39. The minimum atomic E-state index is 0.663. The summed E-state index contributed by atoms with van der Waals surface area (Å²) in [6.45, 7) is 3.33. The number of hydrogen-bond acceptors (Lipinski definition) is 8. The van der Waals surface area contributed by atoms with Crippen molar-refractivity contribution in [2.24, 2.45) is 5.84 Å². The van der Waals surface area contributed by atoms with E-state index in [1.165, 1.54) is 0 Å². The molecule has 1 saturated heterocycles. The highest BCUT2D eigenvalue weighted by Gasteiger charge is 2.16. The summed E-state index contributed by atoms with van der Waals surface area (Å²) >= 11 is 1.62. The van der Waals surface area contributed by atoms with Gasteiger partial charge in [-0.2, -0.15) is 11.3 Å². The van der Waals surface area contributed by atoms with E-state index in [9.17, 15) is 0 Å². The second kappa shape index (κ2) is 7.19. The molecule has 0 bridgehead atoms. The lowest BCUT2D eigenvalue weighted by atomic mass is 10.2. The Morgan fingerprint density at radius 3 is 2.61 bits per heavy atom. The maximum atomic E-state index is 6.39. The Balaban J connectivity index is 1.46. The number of anilines is 2. The van der Waals surface area contributed by atoms with Gasteiger partial charge in [-0.25, -0.2) is 30.6 Å². The molecule has 142 valence electrons. The second-order valence-electron chi connectivity index (χ2n) is 6.46. The zero-order valence-corrected chi connectivity index (χ0v) is 15.9. The third kappa shape index (κ3) is 2.99. The molecule has 1 aliphatic rings. The lowest BCUT2D eigenvalue weighted by Gasteiger charge is -2.29. The molecule has 1 aliphatic heterocycles. The number of imidazole rings is 1. The molecule has 5 rings (SSSR count). The van der Waals surface area contributed by atoms with Gasteiger partial charge in [0.15, 0.2) is 5.65 Å². The van der Waals surface area contributed by atoms with Crippen molar-refractivity contribution >= 4 is 33.9 Å². The van der Waals surface area contributed by atoms with Crippen LogP contribution in [0, 0.1) is 0 Å². The molecule has 0 aliphatic carbocycles. The monoisotopic (exact) mass is 393 g/mol. The molecular weight excluding hydrogens is 374 g/mol. The van der Waals surface area contributed by atoms with Crippen LogP contribution < -0.4 is 15.9 Å². The summed E-state index contributed by atoms with van der Waals surface area (Å²) in [6, 6.07) is 10.2. The van der Waals surface area contributed by atoms with E-state index in [0.717, 1.165) is 54.5 Å². The van der Waals surface area contributed by atoms with Crippen molar-refractivity contribution in [2.75, 3.05) is 36.3 Å². The maximum Gasteiger partial charge on any atom is 0.184 e. The number of thiophene rings is 1. The molecule has 2 N–H and O–H groups in total. The van der Waals surface area contributed by atoms with Gasteiger partial charge in [-0.3, -0.25) is 0 Å². The lowest BCUT2D eigenvalue weighted by molar-refractivity contribution is 0.122. The van der Waals surface area contributed by atoms with Gasteiger partial charge in [0.05, 0.1) is 18.9 Å². The van der Waals surface area contributed by atoms with Crippen LogP contribution in [0.4, 0.5) is 11.4 Å². The highest BCUT2D eigenvalue weighted by Crippen LogP contribution is 2.27. The molecule has 0 spiro atoms. The van der Waals surface area contributed by atoms with E-state index in [1.807, 2.05) is 29.0 Å². The molecule has 3 aromatic heterocycles. The first-order chi connectivity index (χ1) is 13.8. The Kier molecular flexibility index (Phi) is 4.40. The number of nitrogens with zero attached hydrogens (tertiary/aromatic N) is 6. The van der Waals surface area contributed by atoms with Gasteiger partial charge in [-0.15, -0.1) is 0 Å². The van der Waals surface area contributed by atoms with Crippen LogP contribution >= 0.6 is 11.3 Å². The third-order valence-electron chi connectivity index (χ3n) is 4.83. The van der Waals surface area contributed by atoms with Gasteiger partial charge >= 0.3 is 0 Å². The highest BCUT2D eigenvalue weighted by atomic mass is 32.1. The molecular formula is C19H19N7OS. The quantitative estimate of drug-likeness (QED) is 0.421. The molecule has 9 heteroatoms. The number of nitrogens with two attached hydrogens (primary N) is 1. The van der Waals surface area contributed by atoms with Crippen LogP contribution in [0.5, 0.6) is 0 Å². The Labute approximate surface area is 165 Å². The summed E-state index contributed by atoms with van der Waals surface area (Å²) in [5.41, 5.74) is 5.23. The van der Waals surface area contributed by atoms with E-state index in [-0.39, 0.29) is 0 Å². The molecule has 1 aromatic carbocycles. The van der Waals surface area contributed by atoms with Gasteiger partial charge in [0.25, 0.3) is 0 Å². The van der Waals surface area contributed by atoms with Crippen LogP contribution in [-0.4, -0.2) is 45.9 Å². The standard InChI is InChI=1S/C19H19N7OS/c20-26(16-3-1-15(2-4-16)24-6-8-27-9-7-24)25-13-23-18-17(14-5-10-28-11-14)21-12-22-19(18)25/h1-5,10-13H,6-9,20H2. The van der Waals surface area contributed by atoms with E-state index in [1.54, 1.807) is 33.8 Å². The molecule has 0 saturated carbocycles. The van der Waals surface area contributed by atoms with Crippen molar-refractivity contribution in [1.29, 1.82) is 0 Å². The van der Waals surface area contributed by atoms with Crippen LogP contribution in [0.3, 0.4) is 0 Å². The van der Waals surface area contributed by atoms with Crippen molar-refractivity contribution in [3.8, 4) is 11.3 Å². The molecule has 8 nitrogen and oxygen atoms in total. The summed E-state index contributed by atoms with van der Waals surface area (Å²) in [4.78, 5) is 15.6. The molecule has 0 atom stereocenters. The van der Waals surface area contributed by atoms with E-state index in [4.69, 9.17) is 10.6 Å². The van der Waals surface area contributed by atoms with E-state index in [2.05, 4.69) is 32.0 Å². The van der Waals surface area contributed by atoms with Gasteiger partial charge in [0, 0.05) is 29.7 Å². The van der Waals surface area contributed by atoms with Crippen molar-refractivity contribution in [1.82, 2.24) is 19.6 Å². The molecule has 28 heavy (non-hydrogen) atoms. The first-order valence-corrected chi connectivity index (χ1v) is 9.94. The molecule has 1 fully saturated rings. The van der Waals surface area contributed by atoms with E-state index < -0.39 is 0 Å². The number of morpholine rings is 1. The Bertz CT molecular complexity index is 1070. The smallest absolute Gasteiger partial charge is 0.184 e. The van der Waals surface area contributed by atoms with Crippen LogP contribution in [0.2, 0.25) is 0 Å². The fraction of sp³-hybridized carbons (Fsp3) is 0.211. The summed E-state index contributed by atoms with van der Waals surface area (Å²) in [6.07, 6.45) is 3.22. The van der Waals surface area contributed by atoms with Crippen LogP contribution in [0.15, 0.2) is 53.7 Å². The van der Waals surface area contributed by atoms with Gasteiger partial charge in [0.2, 0.25) is 0 Å². The van der Waals surface area contributed by atoms with Crippen molar-refractivity contribution in [3.63, 3.8) is 0 Å². The predicted molar refractivity (Wildman–Crippen MR) is 110 cm³/mol. The molecule has 0 amide bonds. The summed E-state index contributed by atoms with van der Waals surface area (Å²) in [5, 5.41) is 5.61. The number of benzene rings is 1. The molecule has 0 unspecified atom stereocenters. The Morgan fingerprint density at radius 2 is 1.86 bits per heavy atom. The lowest BCUT2D eigenvalue weighted by Crippen LogP contribution is -2.37. The van der Waals surface area contributed by atoms with Gasteiger partial charge in [-0.1, -0.05) is 0 Å².